The smallest absolute Gasteiger partial charge is 0.312 e. The highest BCUT2D eigenvalue weighted by atomic mass is 16.5. The predicted molar refractivity (Wildman–Crippen MR) is 87.3 cm³/mol. The number of allylic oxidation sites excluding steroid dienone is 2. The zero-order chi connectivity index (χ0) is 15.2. The maximum atomic E-state index is 12.9. The molecule has 0 aliphatic heterocycles. The summed E-state index contributed by atoms with van der Waals surface area (Å²) in [5.74, 6) is 3.36. The van der Waals surface area contributed by atoms with Gasteiger partial charge in [0.25, 0.3) is 0 Å². The Morgan fingerprint density at radius 1 is 0.955 bits per heavy atom. The zero-order valence-corrected chi connectivity index (χ0v) is 13.9. The maximum Gasteiger partial charge on any atom is 0.312 e. The first-order valence-electron chi connectivity index (χ1n) is 9.51. The van der Waals surface area contributed by atoms with Crippen molar-refractivity contribution in [3.63, 3.8) is 0 Å². The molecule has 0 radical (unpaired) electrons. The first-order valence-corrected chi connectivity index (χ1v) is 9.51. The van der Waals surface area contributed by atoms with Crippen LogP contribution >= 0.6 is 0 Å². The summed E-state index contributed by atoms with van der Waals surface area (Å²) in [6.07, 6.45) is 16.7. The Balaban J connectivity index is 1.37. The number of esters is 1. The van der Waals surface area contributed by atoms with E-state index >= 15 is 0 Å². The van der Waals surface area contributed by atoms with Crippen molar-refractivity contribution < 1.29 is 9.53 Å². The molecule has 5 saturated carbocycles. The van der Waals surface area contributed by atoms with Gasteiger partial charge in [0, 0.05) is 0 Å². The minimum atomic E-state index is -0.0745. The molecule has 0 heterocycles. The molecule has 122 valence electrons. The van der Waals surface area contributed by atoms with E-state index < -0.39 is 0 Å². The molecule has 5 aliphatic rings. The lowest BCUT2D eigenvalue weighted by Crippen LogP contribution is -2.51. The van der Waals surface area contributed by atoms with Crippen molar-refractivity contribution in [2.75, 3.05) is 0 Å². The molecule has 0 aromatic rings. The van der Waals surface area contributed by atoms with Gasteiger partial charge in [-0.1, -0.05) is 12.2 Å². The first-order chi connectivity index (χ1) is 10.7. The summed E-state index contributed by atoms with van der Waals surface area (Å²) in [4.78, 5) is 12.9. The van der Waals surface area contributed by atoms with Crippen molar-refractivity contribution in [1.29, 1.82) is 0 Å². The van der Waals surface area contributed by atoms with E-state index in [0.717, 1.165) is 49.9 Å². The fraction of sp³-hybridized carbons (Fsp3) is 0.850. The molecule has 2 nitrogen and oxygen atoms in total. The quantitative estimate of drug-likeness (QED) is 0.548. The van der Waals surface area contributed by atoms with Gasteiger partial charge in [0.2, 0.25) is 0 Å². The third-order valence-electron chi connectivity index (χ3n) is 6.93. The molecule has 0 aromatic heterocycles. The molecular weight excluding hydrogens is 272 g/mol. The van der Waals surface area contributed by atoms with E-state index in [1.54, 1.807) is 0 Å². The number of hydrogen-bond donors (Lipinski definition) is 0. The van der Waals surface area contributed by atoms with Crippen LogP contribution in [-0.4, -0.2) is 12.1 Å². The minimum absolute atomic E-state index is 0.0745. The van der Waals surface area contributed by atoms with Crippen LogP contribution in [0.15, 0.2) is 12.2 Å². The Labute approximate surface area is 134 Å². The van der Waals surface area contributed by atoms with Gasteiger partial charge < -0.3 is 4.74 Å². The molecule has 0 spiro atoms. The summed E-state index contributed by atoms with van der Waals surface area (Å²) in [7, 11) is 0. The third kappa shape index (κ3) is 2.63. The second-order valence-electron chi connectivity index (χ2n) is 8.67. The SMILES string of the molecule is C/C=C/C1CCC(OC(=O)C23CC4CC(CC(C4)C2)C3)CC1. The van der Waals surface area contributed by atoms with Gasteiger partial charge in [-0.2, -0.15) is 0 Å². The van der Waals surface area contributed by atoms with Gasteiger partial charge in [-0.15, -0.1) is 0 Å². The second kappa shape index (κ2) is 5.69. The van der Waals surface area contributed by atoms with E-state index in [4.69, 9.17) is 4.74 Å². The highest BCUT2D eigenvalue weighted by Gasteiger charge is 2.55. The van der Waals surface area contributed by atoms with Gasteiger partial charge in [-0.05, 0) is 94.8 Å². The zero-order valence-electron chi connectivity index (χ0n) is 13.9. The van der Waals surface area contributed by atoms with E-state index in [1.165, 1.54) is 32.1 Å². The van der Waals surface area contributed by atoms with Crippen molar-refractivity contribution in [2.45, 2.75) is 77.2 Å². The van der Waals surface area contributed by atoms with Crippen molar-refractivity contribution in [3.8, 4) is 0 Å². The lowest BCUT2D eigenvalue weighted by molar-refractivity contribution is -0.178. The topological polar surface area (TPSA) is 26.3 Å². The summed E-state index contributed by atoms with van der Waals surface area (Å²) in [5, 5.41) is 0. The molecule has 0 N–H and O–H groups in total. The lowest BCUT2D eigenvalue weighted by Gasteiger charge is -2.55. The molecule has 2 heteroatoms. The summed E-state index contributed by atoms with van der Waals surface area (Å²) < 4.78 is 6.04. The van der Waals surface area contributed by atoms with E-state index in [-0.39, 0.29) is 17.5 Å². The highest BCUT2D eigenvalue weighted by Crippen LogP contribution is 2.60. The average Bonchev–Trinajstić information content (AvgIpc) is 2.48. The Kier molecular flexibility index (Phi) is 3.82. The Bertz CT molecular complexity index is 421. The van der Waals surface area contributed by atoms with Crippen LogP contribution in [0, 0.1) is 29.1 Å². The van der Waals surface area contributed by atoms with Crippen molar-refractivity contribution in [1.82, 2.24) is 0 Å². The maximum absolute atomic E-state index is 12.9. The molecule has 5 fully saturated rings. The van der Waals surface area contributed by atoms with Gasteiger partial charge in [0.15, 0.2) is 0 Å². The number of rotatable bonds is 3. The second-order valence-corrected chi connectivity index (χ2v) is 8.67. The van der Waals surface area contributed by atoms with Crippen LogP contribution in [0.1, 0.15) is 71.1 Å². The fourth-order valence-corrected chi connectivity index (χ4v) is 6.31. The van der Waals surface area contributed by atoms with Gasteiger partial charge in [0.05, 0.1) is 5.41 Å². The van der Waals surface area contributed by atoms with Crippen molar-refractivity contribution in [3.05, 3.63) is 12.2 Å². The summed E-state index contributed by atoms with van der Waals surface area (Å²) >= 11 is 0. The van der Waals surface area contributed by atoms with Gasteiger partial charge in [-0.3, -0.25) is 4.79 Å². The van der Waals surface area contributed by atoms with Crippen LogP contribution in [-0.2, 0) is 9.53 Å². The molecule has 0 atom stereocenters. The molecule has 0 saturated heterocycles. The molecule has 5 aliphatic carbocycles. The summed E-state index contributed by atoms with van der Waals surface area (Å²) in [5.41, 5.74) is -0.0745. The standard InChI is InChI=1S/C20H30O2/c1-2-3-14-4-6-18(7-5-14)22-19(21)20-11-15-8-16(12-20)10-17(9-15)13-20/h2-3,14-18H,4-13H2,1H3/b3-2+. The third-order valence-corrected chi connectivity index (χ3v) is 6.93. The van der Waals surface area contributed by atoms with Crippen LogP contribution < -0.4 is 0 Å². The summed E-state index contributed by atoms with van der Waals surface area (Å²) in [6, 6.07) is 0. The van der Waals surface area contributed by atoms with Gasteiger partial charge >= 0.3 is 5.97 Å². The van der Waals surface area contributed by atoms with E-state index in [2.05, 4.69) is 19.1 Å². The van der Waals surface area contributed by atoms with E-state index in [1.807, 2.05) is 0 Å². The Hall–Kier alpha value is -0.790. The highest BCUT2D eigenvalue weighted by molar-refractivity contribution is 5.77. The van der Waals surface area contributed by atoms with Crippen LogP contribution in [0.4, 0.5) is 0 Å². The number of ether oxygens (including phenoxy) is 1. The molecule has 0 amide bonds. The van der Waals surface area contributed by atoms with Crippen molar-refractivity contribution >= 4 is 5.97 Å². The van der Waals surface area contributed by atoms with Gasteiger partial charge in [-0.25, -0.2) is 0 Å². The largest absolute Gasteiger partial charge is 0.462 e. The molecular formula is C20H30O2. The first kappa shape index (κ1) is 14.8. The van der Waals surface area contributed by atoms with Crippen LogP contribution in [0.2, 0.25) is 0 Å². The lowest BCUT2D eigenvalue weighted by atomic mass is 9.49. The van der Waals surface area contributed by atoms with Crippen LogP contribution in [0.5, 0.6) is 0 Å². The van der Waals surface area contributed by atoms with Crippen LogP contribution in [0.3, 0.4) is 0 Å². The fourth-order valence-electron chi connectivity index (χ4n) is 6.31. The predicted octanol–water partition coefficient (Wildman–Crippen LogP) is 4.88. The normalized spacial score (nSPS) is 47.0. The monoisotopic (exact) mass is 302 g/mol. The van der Waals surface area contributed by atoms with Crippen LogP contribution in [0.25, 0.3) is 0 Å². The van der Waals surface area contributed by atoms with Crippen molar-refractivity contribution in [2.24, 2.45) is 29.1 Å². The van der Waals surface area contributed by atoms with Gasteiger partial charge in [0.1, 0.15) is 6.10 Å². The number of carbonyl (C=O) groups is 1. The molecule has 0 aromatic carbocycles. The van der Waals surface area contributed by atoms with E-state index in [0.29, 0.717) is 5.92 Å². The minimum Gasteiger partial charge on any atom is -0.462 e. The average molecular weight is 302 g/mol. The molecule has 22 heavy (non-hydrogen) atoms. The molecule has 4 bridgehead atoms. The number of carbonyl (C=O) groups excluding carboxylic acids is 1. The number of hydrogen-bond acceptors (Lipinski definition) is 2. The van der Waals surface area contributed by atoms with E-state index in [9.17, 15) is 4.79 Å². The molecule has 5 rings (SSSR count). The Morgan fingerprint density at radius 2 is 1.50 bits per heavy atom. The Morgan fingerprint density at radius 3 is 2.00 bits per heavy atom. The molecule has 0 unspecified atom stereocenters. The summed E-state index contributed by atoms with van der Waals surface area (Å²) in [6.45, 7) is 2.10.